The van der Waals surface area contributed by atoms with Crippen molar-refractivity contribution < 1.29 is 4.79 Å². The minimum absolute atomic E-state index is 0.103. The molecule has 0 saturated carbocycles. The van der Waals surface area contributed by atoms with Crippen LogP contribution in [-0.2, 0) is 11.2 Å². The van der Waals surface area contributed by atoms with Crippen LogP contribution in [0.25, 0.3) is 0 Å². The Morgan fingerprint density at radius 1 is 1.44 bits per heavy atom. The number of nitrogens with zero attached hydrogens (tertiary/aromatic N) is 1. The van der Waals surface area contributed by atoms with Crippen LogP contribution in [0.4, 0.5) is 0 Å². The van der Waals surface area contributed by atoms with Crippen molar-refractivity contribution in [3.05, 3.63) is 34.9 Å². The van der Waals surface area contributed by atoms with Gasteiger partial charge in [-0.25, -0.2) is 0 Å². The molecule has 0 unspecified atom stereocenters. The van der Waals surface area contributed by atoms with E-state index in [0.29, 0.717) is 6.42 Å². The Labute approximate surface area is 113 Å². The Morgan fingerprint density at radius 2 is 2.11 bits per heavy atom. The lowest BCUT2D eigenvalue weighted by Crippen LogP contribution is -2.41. The van der Waals surface area contributed by atoms with Crippen LogP contribution in [0.5, 0.6) is 0 Å². The molecule has 0 bridgehead atoms. The molecule has 1 rings (SSSR count). The standard InChI is InChI=1S/C14H17ClN2O/c1-14(2,10-16)17-13(18)9-5-7-11-6-3-4-8-12(11)15/h3-4,6,8H,5,7,9H2,1-2H3,(H,17,18). The van der Waals surface area contributed by atoms with E-state index in [-0.39, 0.29) is 5.91 Å². The fourth-order valence-corrected chi connectivity index (χ4v) is 1.81. The van der Waals surface area contributed by atoms with Gasteiger partial charge < -0.3 is 5.32 Å². The van der Waals surface area contributed by atoms with E-state index >= 15 is 0 Å². The smallest absolute Gasteiger partial charge is 0.221 e. The van der Waals surface area contributed by atoms with Gasteiger partial charge in [-0.15, -0.1) is 0 Å². The second-order valence-corrected chi connectivity index (χ2v) is 5.14. The molecule has 0 radical (unpaired) electrons. The van der Waals surface area contributed by atoms with Crippen LogP contribution in [0, 0.1) is 11.3 Å². The van der Waals surface area contributed by atoms with Crippen molar-refractivity contribution in [2.24, 2.45) is 0 Å². The normalized spacial score (nSPS) is 10.8. The molecule has 0 aromatic heterocycles. The van der Waals surface area contributed by atoms with Crippen molar-refractivity contribution in [2.75, 3.05) is 0 Å². The zero-order valence-electron chi connectivity index (χ0n) is 10.7. The van der Waals surface area contributed by atoms with Crippen molar-refractivity contribution in [2.45, 2.75) is 38.6 Å². The number of hydrogen-bond donors (Lipinski definition) is 1. The Balaban J connectivity index is 2.37. The van der Waals surface area contributed by atoms with Crippen LogP contribution in [0.2, 0.25) is 5.02 Å². The predicted octanol–water partition coefficient (Wildman–Crippen LogP) is 3.08. The zero-order valence-corrected chi connectivity index (χ0v) is 11.4. The summed E-state index contributed by atoms with van der Waals surface area (Å²) in [6, 6.07) is 9.65. The number of halogens is 1. The molecule has 0 fully saturated rings. The number of aryl methyl sites for hydroxylation is 1. The Morgan fingerprint density at radius 3 is 2.72 bits per heavy atom. The van der Waals surface area contributed by atoms with E-state index in [0.717, 1.165) is 23.4 Å². The summed E-state index contributed by atoms with van der Waals surface area (Å²) < 4.78 is 0. The summed E-state index contributed by atoms with van der Waals surface area (Å²) in [6.45, 7) is 3.36. The van der Waals surface area contributed by atoms with Crippen molar-refractivity contribution in [1.82, 2.24) is 5.32 Å². The maximum atomic E-state index is 11.6. The quantitative estimate of drug-likeness (QED) is 0.889. The number of rotatable bonds is 5. The summed E-state index contributed by atoms with van der Waals surface area (Å²) in [4.78, 5) is 11.6. The van der Waals surface area contributed by atoms with Crippen LogP contribution in [0.15, 0.2) is 24.3 Å². The average molecular weight is 265 g/mol. The minimum Gasteiger partial charge on any atom is -0.338 e. The van der Waals surface area contributed by atoms with Gasteiger partial charge in [0.15, 0.2) is 0 Å². The summed E-state index contributed by atoms with van der Waals surface area (Å²) in [5, 5.41) is 12.2. The second-order valence-electron chi connectivity index (χ2n) is 4.73. The van der Waals surface area contributed by atoms with Gasteiger partial charge in [-0.1, -0.05) is 29.8 Å². The van der Waals surface area contributed by atoms with E-state index < -0.39 is 5.54 Å². The molecule has 0 aliphatic rings. The van der Waals surface area contributed by atoms with Gasteiger partial charge in [-0.3, -0.25) is 4.79 Å². The van der Waals surface area contributed by atoms with Crippen molar-refractivity contribution in [1.29, 1.82) is 5.26 Å². The molecule has 0 aliphatic heterocycles. The summed E-state index contributed by atoms with van der Waals surface area (Å²) >= 11 is 6.02. The molecule has 0 aliphatic carbocycles. The number of amides is 1. The first-order valence-corrected chi connectivity index (χ1v) is 6.28. The SMILES string of the molecule is CC(C)(C#N)NC(=O)CCCc1ccccc1Cl. The highest BCUT2D eigenvalue weighted by atomic mass is 35.5. The fraction of sp³-hybridized carbons (Fsp3) is 0.429. The number of hydrogen-bond acceptors (Lipinski definition) is 2. The van der Waals surface area contributed by atoms with Crippen LogP contribution < -0.4 is 5.32 Å². The number of carbonyl (C=O) groups is 1. The topological polar surface area (TPSA) is 52.9 Å². The van der Waals surface area contributed by atoms with E-state index in [2.05, 4.69) is 5.32 Å². The Bertz CT molecular complexity index is 463. The molecule has 4 heteroatoms. The Hall–Kier alpha value is -1.53. The van der Waals surface area contributed by atoms with Gasteiger partial charge in [0.1, 0.15) is 5.54 Å². The molecular formula is C14H17ClN2O. The van der Waals surface area contributed by atoms with Gasteiger partial charge in [-0.05, 0) is 38.3 Å². The zero-order chi connectivity index (χ0) is 13.6. The van der Waals surface area contributed by atoms with E-state index in [1.54, 1.807) is 13.8 Å². The third kappa shape index (κ3) is 4.77. The number of benzene rings is 1. The van der Waals surface area contributed by atoms with Crippen molar-refractivity contribution in [3.63, 3.8) is 0 Å². The molecule has 0 atom stereocenters. The molecule has 0 spiro atoms. The van der Waals surface area contributed by atoms with E-state index in [1.165, 1.54) is 0 Å². The number of nitriles is 1. The van der Waals surface area contributed by atoms with Crippen LogP contribution in [0.3, 0.4) is 0 Å². The van der Waals surface area contributed by atoms with Gasteiger partial charge in [0.05, 0.1) is 6.07 Å². The number of carbonyl (C=O) groups excluding carboxylic acids is 1. The second kappa shape index (κ2) is 6.42. The summed E-state index contributed by atoms with van der Waals surface area (Å²) in [7, 11) is 0. The fourth-order valence-electron chi connectivity index (χ4n) is 1.58. The van der Waals surface area contributed by atoms with Gasteiger partial charge in [0.25, 0.3) is 0 Å². The highest BCUT2D eigenvalue weighted by Gasteiger charge is 2.18. The molecule has 0 saturated heterocycles. The highest BCUT2D eigenvalue weighted by molar-refractivity contribution is 6.31. The predicted molar refractivity (Wildman–Crippen MR) is 72.2 cm³/mol. The molecule has 1 amide bonds. The lowest BCUT2D eigenvalue weighted by atomic mass is 10.1. The average Bonchev–Trinajstić information content (AvgIpc) is 2.31. The lowest BCUT2D eigenvalue weighted by Gasteiger charge is -2.17. The third-order valence-electron chi connectivity index (χ3n) is 2.54. The first-order valence-electron chi connectivity index (χ1n) is 5.90. The summed E-state index contributed by atoms with van der Waals surface area (Å²) in [5.74, 6) is -0.103. The van der Waals surface area contributed by atoms with Crippen molar-refractivity contribution >= 4 is 17.5 Å². The monoisotopic (exact) mass is 264 g/mol. The first kappa shape index (κ1) is 14.5. The molecule has 3 nitrogen and oxygen atoms in total. The van der Waals surface area contributed by atoms with Gasteiger partial charge in [-0.2, -0.15) is 5.26 Å². The summed E-state index contributed by atoms with van der Waals surface area (Å²) in [6.07, 6.45) is 1.88. The van der Waals surface area contributed by atoms with Gasteiger partial charge in [0, 0.05) is 11.4 Å². The molecule has 96 valence electrons. The molecule has 1 N–H and O–H groups in total. The van der Waals surface area contributed by atoms with E-state index in [4.69, 9.17) is 16.9 Å². The molecule has 0 heterocycles. The first-order chi connectivity index (χ1) is 8.44. The van der Waals surface area contributed by atoms with Crippen LogP contribution >= 0.6 is 11.6 Å². The third-order valence-corrected chi connectivity index (χ3v) is 2.91. The van der Waals surface area contributed by atoms with Crippen LogP contribution in [-0.4, -0.2) is 11.4 Å². The lowest BCUT2D eigenvalue weighted by molar-refractivity contribution is -0.122. The largest absolute Gasteiger partial charge is 0.338 e. The summed E-state index contributed by atoms with van der Waals surface area (Å²) in [5.41, 5.74) is 0.244. The Kier molecular flexibility index (Phi) is 5.18. The van der Waals surface area contributed by atoms with Crippen molar-refractivity contribution in [3.8, 4) is 6.07 Å². The molecule has 1 aromatic carbocycles. The van der Waals surface area contributed by atoms with Crippen LogP contribution in [0.1, 0.15) is 32.3 Å². The minimum atomic E-state index is -0.804. The highest BCUT2D eigenvalue weighted by Crippen LogP contribution is 2.17. The molecule has 18 heavy (non-hydrogen) atoms. The number of nitrogens with one attached hydrogen (secondary N) is 1. The van der Waals surface area contributed by atoms with Gasteiger partial charge in [0.2, 0.25) is 5.91 Å². The molecule has 1 aromatic rings. The van der Waals surface area contributed by atoms with E-state index in [9.17, 15) is 4.79 Å². The maximum Gasteiger partial charge on any atom is 0.221 e. The molecular weight excluding hydrogens is 248 g/mol. The van der Waals surface area contributed by atoms with Gasteiger partial charge >= 0.3 is 0 Å². The van der Waals surface area contributed by atoms with E-state index in [1.807, 2.05) is 30.3 Å². The maximum absolute atomic E-state index is 11.6.